The maximum absolute atomic E-state index is 12.2. The number of aryl methyl sites for hydroxylation is 1. The number of amides is 2. The van der Waals surface area contributed by atoms with Crippen LogP contribution in [0.25, 0.3) is 0 Å². The van der Waals surface area contributed by atoms with Crippen LogP contribution in [0.1, 0.15) is 28.8 Å². The van der Waals surface area contributed by atoms with E-state index >= 15 is 0 Å². The molecular formula is C17H19N3O2S. The summed E-state index contributed by atoms with van der Waals surface area (Å²) >= 11 is 1.31. The lowest BCUT2D eigenvalue weighted by Crippen LogP contribution is -2.32. The summed E-state index contributed by atoms with van der Waals surface area (Å²) in [5.74, 6) is -0.621. The number of hydrogen-bond donors (Lipinski definition) is 2. The summed E-state index contributed by atoms with van der Waals surface area (Å²) in [4.78, 5) is 25.7. The van der Waals surface area contributed by atoms with Crippen LogP contribution in [0.2, 0.25) is 0 Å². The molecule has 23 heavy (non-hydrogen) atoms. The van der Waals surface area contributed by atoms with Crippen LogP contribution >= 0.6 is 11.3 Å². The fourth-order valence-corrected chi connectivity index (χ4v) is 3.68. The van der Waals surface area contributed by atoms with E-state index in [1.165, 1.54) is 22.6 Å². The maximum atomic E-state index is 12.2. The molecule has 1 aromatic carbocycles. The summed E-state index contributed by atoms with van der Waals surface area (Å²) in [5, 5.41) is 5.06. The Hall–Kier alpha value is -2.34. The predicted molar refractivity (Wildman–Crippen MR) is 93.1 cm³/mol. The molecule has 0 aliphatic carbocycles. The first-order chi connectivity index (χ1) is 11.1. The molecule has 3 rings (SSSR count). The van der Waals surface area contributed by atoms with Crippen molar-refractivity contribution in [2.24, 2.45) is 5.73 Å². The minimum atomic E-state index is -0.522. The molecule has 0 radical (unpaired) electrons. The van der Waals surface area contributed by atoms with Crippen molar-refractivity contribution in [2.75, 3.05) is 23.3 Å². The number of nitrogens with zero attached hydrogens (tertiary/aromatic N) is 1. The number of fused-ring (bicyclic) bond motifs is 1. The van der Waals surface area contributed by atoms with Crippen LogP contribution in [0.4, 0.5) is 10.7 Å². The molecule has 0 saturated carbocycles. The number of nitrogens with one attached hydrogen (secondary N) is 1. The van der Waals surface area contributed by atoms with Gasteiger partial charge in [0, 0.05) is 25.2 Å². The zero-order valence-corrected chi connectivity index (χ0v) is 13.6. The van der Waals surface area contributed by atoms with Crippen LogP contribution in [0, 0.1) is 0 Å². The van der Waals surface area contributed by atoms with Crippen molar-refractivity contribution in [3.05, 3.63) is 46.8 Å². The van der Waals surface area contributed by atoms with Crippen LogP contribution < -0.4 is 16.0 Å². The molecular weight excluding hydrogens is 310 g/mol. The first kappa shape index (κ1) is 15.6. The number of hydrogen-bond acceptors (Lipinski definition) is 4. The number of carbonyl (C=O) groups is 2. The minimum absolute atomic E-state index is 0.0991. The van der Waals surface area contributed by atoms with Gasteiger partial charge in [-0.15, -0.1) is 11.3 Å². The molecule has 2 aromatic rings. The fraction of sp³-hybridized carbons (Fsp3) is 0.294. The van der Waals surface area contributed by atoms with Crippen LogP contribution in [-0.2, 0) is 11.2 Å². The van der Waals surface area contributed by atoms with Crippen LogP contribution in [-0.4, -0.2) is 24.9 Å². The molecule has 0 unspecified atom stereocenters. The van der Waals surface area contributed by atoms with E-state index < -0.39 is 5.91 Å². The van der Waals surface area contributed by atoms with Gasteiger partial charge in [-0.05, 0) is 35.9 Å². The van der Waals surface area contributed by atoms with Gasteiger partial charge in [0.2, 0.25) is 5.91 Å². The Kier molecular flexibility index (Phi) is 4.62. The standard InChI is InChI=1S/C17H19N3O2S/c18-16(22)13-8-11-23-17(13)19-15(21)7-10-20-9-3-5-12-4-1-2-6-14(12)20/h1-2,4,6,8,11H,3,5,7,9-10H2,(H2,18,22)(H,19,21). The number of primary amides is 1. The van der Waals surface area contributed by atoms with Gasteiger partial charge in [0.1, 0.15) is 5.00 Å². The van der Waals surface area contributed by atoms with Gasteiger partial charge in [0.15, 0.2) is 0 Å². The van der Waals surface area contributed by atoms with E-state index in [2.05, 4.69) is 28.4 Å². The molecule has 1 aromatic heterocycles. The quantitative estimate of drug-likeness (QED) is 0.885. The first-order valence-electron chi connectivity index (χ1n) is 7.65. The highest BCUT2D eigenvalue weighted by Gasteiger charge is 2.18. The van der Waals surface area contributed by atoms with E-state index in [0.717, 1.165) is 19.4 Å². The summed E-state index contributed by atoms with van der Waals surface area (Å²) in [7, 11) is 0. The van der Waals surface area contributed by atoms with Crippen LogP contribution in [0.5, 0.6) is 0 Å². The number of rotatable bonds is 5. The number of nitrogens with two attached hydrogens (primary N) is 1. The van der Waals surface area contributed by atoms with Crippen LogP contribution in [0.3, 0.4) is 0 Å². The number of carbonyl (C=O) groups excluding carboxylic acids is 2. The number of thiophene rings is 1. The van der Waals surface area contributed by atoms with Gasteiger partial charge in [-0.3, -0.25) is 9.59 Å². The highest BCUT2D eigenvalue weighted by molar-refractivity contribution is 7.14. The molecule has 120 valence electrons. The normalized spacial score (nSPS) is 13.5. The smallest absolute Gasteiger partial charge is 0.251 e. The average molecular weight is 329 g/mol. The Balaban J connectivity index is 1.60. The molecule has 2 heterocycles. The molecule has 0 atom stereocenters. The third kappa shape index (κ3) is 3.53. The number of anilines is 2. The van der Waals surface area contributed by atoms with E-state index in [9.17, 15) is 9.59 Å². The molecule has 6 heteroatoms. The highest BCUT2D eigenvalue weighted by atomic mass is 32.1. The molecule has 0 spiro atoms. The molecule has 3 N–H and O–H groups in total. The van der Waals surface area contributed by atoms with E-state index in [1.807, 2.05) is 6.07 Å². The number of para-hydroxylation sites is 1. The van der Waals surface area contributed by atoms with Crippen molar-refractivity contribution >= 4 is 33.8 Å². The minimum Gasteiger partial charge on any atom is -0.371 e. The summed E-state index contributed by atoms with van der Waals surface area (Å²) < 4.78 is 0. The van der Waals surface area contributed by atoms with Crippen molar-refractivity contribution < 1.29 is 9.59 Å². The van der Waals surface area contributed by atoms with Crippen molar-refractivity contribution in [3.63, 3.8) is 0 Å². The molecule has 1 aliphatic heterocycles. The van der Waals surface area contributed by atoms with Gasteiger partial charge in [0.05, 0.1) is 5.56 Å². The molecule has 0 fully saturated rings. The van der Waals surface area contributed by atoms with Gasteiger partial charge in [0.25, 0.3) is 5.91 Å². The van der Waals surface area contributed by atoms with Crippen molar-refractivity contribution in [3.8, 4) is 0 Å². The third-order valence-corrected chi connectivity index (χ3v) is 4.83. The predicted octanol–water partition coefficient (Wildman–Crippen LogP) is 2.63. The fourth-order valence-electron chi connectivity index (χ4n) is 2.87. The summed E-state index contributed by atoms with van der Waals surface area (Å²) in [6.07, 6.45) is 2.58. The Morgan fingerprint density at radius 2 is 2.09 bits per heavy atom. The lowest BCUT2D eigenvalue weighted by atomic mass is 10.0. The molecule has 1 aliphatic rings. The van der Waals surface area contributed by atoms with Crippen molar-refractivity contribution in [1.82, 2.24) is 0 Å². The Morgan fingerprint density at radius 1 is 1.26 bits per heavy atom. The average Bonchev–Trinajstić information content (AvgIpc) is 3.01. The van der Waals surface area contributed by atoms with Gasteiger partial charge in [-0.2, -0.15) is 0 Å². The van der Waals surface area contributed by atoms with E-state index in [-0.39, 0.29) is 5.91 Å². The Bertz CT molecular complexity index is 726. The second kappa shape index (κ2) is 6.83. The van der Waals surface area contributed by atoms with Gasteiger partial charge in [-0.1, -0.05) is 18.2 Å². The van der Waals surface area contributed by atoms with Gasteiger partial charge in [-0.25, -0.2) is 0 Å². The third-order valence-electron chi connectivity index (χ3n) is 4.00. The Labute approximate surface area is 139 Å². The summed E-state index contributed by atoms with van der Waals surface area (Å²) in [6.45, 7) is 1.63. The van der Waals surface area contributed by atoms with E-state index in [0.29, 0.717) is 23.5 Å². The SMILES string of the molecule is NC(=O)c1ccsc1NC(=O)CCN1CCCc2ccccc21. The monoisotopic (exact) mass is 329 g/mol. The van der Waals surface area contributed by atoms with Crippen molar-refractivity contribution in [2.45, 2.75) is 19.3 Å². The van der Waals surface area contributed by atoms with Gasteiger partial charge < -0.3 is 16.0 Å². The molecule has 0 saturated heterocycles. The topological polar surface area (TPSA) is 75.4 Å². The highest BCUT2D eigenvalue weighted by Crippen LogP contribution is 2.27. The maximum Gasteiger partial charge on any atom is 0.251 e. The van der Waals surface area contributed by atoms with Gasteiger partial charge >= 0.3 is 0 Å². The first-order valence-corrected chi connectivity index (χ1v) is 8.53. The number of benzene rings is 1. The Morgan fingerprint density at radius 3 is 2.91 bits per heavy atom. The van der Waals surface area contributed by atoms with E-state index in [1.54, 1.807) is 11.4 Å². The molecule has 0 bridgehead atoms. The zero-order chi connectivity index (χ0) is 16.2. The lowest BCUT2D eigenvalue weighted by molar-refractivity contribution is -0.116. The zero-order valence-electron chi connectivity index (χ0n) is 12.7. The summed E-state index contributed by atoms with van der Waals surface area (Å²) in [6, 6.07) is 9.96. The van der Waals surface area contributed by atoms with Crippen LogP contribution in [0.15, 0.2) is 35.7 Å². The lowest BCUT2D eigenvalue weighted by Gasteiger charge is -2.31. The molecule has 5 nitrogen and oxygen atoms in total. The second-order valence-electron chi connectivity index (χ2n) is 5.55. The summed E-state index contributed by atoms with van der Waals surface area (Å²) in [5.41, 5.74) is 8.22. The second-order valence-corrected chi connectivity index (χ2v) is 6.46. The largest absolute Gasteiger partial charge is 0.371 e. The van der Waals surface area contributed by atoms with E-state index in [4.69, 9.17) is 5.73 Å². The van der Waals surface area contributed by atoms with Crippen molar-refractivity contribution in [1.29, 1.82) is 0 Å². The molecule has 2 amide bonds.